The molecule has 1 aromatic heterocycles. The second-order valence-electron chi connectivity index (χ2n) is 4.10. The fourth-order valence-corrected chi connectivity index (χ4v) is 2.33. The van der Waals surface area contributed by atoms with Crippen LogP contribution >= 0.6 is 11.6 Å². The van der Waals surface area contributed by atoms with Gasteiger partial charge in [0.25, 0.3) is 0 Å². The minimum Gasteiger partial charge on any atom is -0.496 e. The van der Waals surface area contributed by atoms with Crippen molar-refractivity contribution in [1.82, 2.24) is 9.78 Å². The number of halogens is 1. The molecule has 0 bridgehead atoms. The van der Waals surface area contributed by atoms with Gasteiger partial charge in [-0.25, -0.2) is 0 Å². The largest absolute Gasteiger partial charge is 0.496 e. The molecule has 0 unspecified atom stereocenters. The Morgan fingerprint density at radius 3 is 2.47 bits per heavy atom. The smallest absolute Gasteiger partial charge is 0.131 e. The Hall–Kier alpha value is -1.48. The molecule has 0 fully saturated rings. The zero-order valence-electron chi connectivity index (χ0n) is 10.4. The van der Waals surface area contributed by atoms with Crippen molar-refractivity contribution < 1.29 is 4.74 Å². The summed E-state index contributed by atoms with van der Waals surface area (Å²) in [6.07, 6.45) is 0. The third-order valence-electron chi connectivity index (χ3n) is 2.72. The maximum Gasteiger partial charge on any atom is 0.131 e. The SMILES string of the molecule is COc1c(C)cc(Cl)cc1-c1cc(C)nn1C. The Bertz CT molecular complexity index is 561. The van der Waals surface area contributed by atoms with E-state index < -0.39 is 0 Å². The van der Waals surface area contributed by atoms with E-state index in [2.05, 4.69) is 5.10 Å². The first kappa shape index (κ1) is 12.0. The van der Waals surface area contributed by atoms with Crippen LogP contribution in [0.2, 0.25) is 5.02 Å². The lowest BCUT2D eigenvalue weighted by Crippen LogP contribution is -1.97. The zero-order chi connectivity index (χ0) is 12.6. The van der Waals surface area contributed by atoms with Gasteiger partial charge in [0.05, 0.1) is 18.5 Å². The van der Waals surface area contributed by atoms with Gasteiger partial charge in [0, 0.05) is 17.6 Å². The highest BCUT2D eigenvalue weighted by atomic mass is 35.5. The van der Waals surface area contributed by atoms with Crippen LogP contribution in [0.5, 0.6) is 5.75 Å². The van der Waals surface area contributed by atoms with Crippen LogP contribution < -0.4 is 4.74 Å². The number of aryl methyl sites for hydroxylation is 3. The molecule has 0 saturated heterocycles. The lowest BCUT2D eigenvalue weighted by atomic mass is 10.1. The monoisotopic (exact) mass is 250 g/mol. The maximum atomic E-state index is 6.10. The molecule has 0 saturated carbocycles. The fourth-order valence-electron chi connectivity index (χ4n) is 2.05. The third kappa shape index (κ3) is 2.15. The number of hydrogen-bond donors (Lipinski definition) is 0. The number of nitrogens with zero attached hydrogens (tertiary/aromatic N) is 2. The number of rotatable bonds is 2. The van der Waals surface area contributed by atoms with Gasteiger partial charge in [0.2, 0.25) is 0 Å². The molecule has 90 valence electrons. The topological polar surface area (TPSA) is 27.1 Å². The van der Waals surface area contributed by atoms with Crippen LogP contribution in [0.1, 0.15) is 11.3 Å². The summed E-state index contributed by atoms with van der Waals surface area (Å²) >= 11 is 6.10. The van der Waals surface area contributed by atoms with Crippen molar-refractivity contribution in [2.45, 2.75) is 13.8 Å². The van der Waals surface area contributed by atoms with E-state index in [1.54, 1.807) is 7.11 Å². The summed E-state index contributed by atoms with van der Waals surface area (Å²) in [5.74, 6) is 0.845. The van der Waals surface area contributed by atoms with E-state index in [0.29, 0.717) is 5.02 Å². The predicted molar refractivity (Wildman–Crippen MR) is 69.7 cm³/mol. The van der Waals surface area contributed by atoms with E-state index >= 15 is 0 Å². The molecule has 0 radical (unpaired) electrons. The van der Waals surface area contributed by atoms with Crippen LogP contribution in [0.25, 0.3) is 11.3 Å². The molecule has 4 heteroatoms. The molecule has 0 aliphatic rings. The number of hydrogen-bond acceptors (Lipinski definition) is 2. The van der Waals surface area contributed by atoms with Crippen LogP contribution in [0.15, 0.2) is 18.2 Å². The van der Waals surface area contributed by atoms with E-state index in [1.807, 2.05) is 43.8 Å². The second-order valence-corrected chi connectivity index (χ2v) is 4.53. The minimum atomic E-state index is 0.706. The average molecular weight is 251 g/mol. The van der Waals surface area contributed by atoms with Crippen molar-refractivity contribution in [1.29, 1.82) is 0 Å². The number of ether oxygens (including phenoxy) is 1. The Labute approximate surface area is 106 Å². The molecule has 3 nitrogen and oxygen atoms in total. The molecule has 0 N–H and O–H groups in total. The number of benzene rings is 1. The highest BCUT2D eigenvalue weighted by molar-refractivity contribution is 6.31. The van der Waals surface area contributed by atoms with Crippen molar-refractivity contribution in [2.24, 2.45) is 7.05 Å². The molecule has 2 aromatic rings. The summed E-state index contributed by atoms with van der Waals surface area (Å²) in [5, 5.41) is 5.05. The third-order valence-corrected chi connectivity index (χ3v) is 2.94. The molecule has 0 aliphatic carbocycles. The predicted octanol–water partition coefficient (Wildman–Crippen LogP) is 3.37. The van der Waals surface area contributed by atoms with E-state index in [4.69, 9.17) is 16.3 Å². The van der Waals surface area contributed by atoms with Gasteiger partial charge in [-0.05, 0) is 37.6 Å². The van der Waals surface area contributed by atoms with Crippen LogP contribution in [0.4, 0.5) is 0 Å². The Morgan fingerprint density at radius 1 is 1.24 bits per heavy atom. The Balaban J connectivity index is 2.69. The van der Waals surface area contributed by atoms with Gasteiger partial charge in [-0.2, -0.15) is 5.10 Å². The molecular weight excluding hydrogens is 236 g/mol. The lowest BCUT2D eigenvalue weighted by Gasteiger charge is -2.12. The molecular formula is C13H15ClN2O. The van der Waals surface area contributed by atoms with Crippen molar-refractivity contribution >= 4 is 11.6 Å². The lowest BCUT2D eigenvalue weighted by molar-refractivity contribution is 0.413. The standard InChI is InChI=1S/C13H15ClN2O/c1-8-5-10(14)7-11(13(8)17-4)12-6-9(2)15-16(12)3/h5-7H,1-4H3. The highest BCUT2D eigenvalue weighted by Crippen LogP contribution is 2.35. The molecule has 1 heterocycles. The van der Waals surface area contributed by atoms with Crippen molar-refractivity contribution in [2.75, 3.05) is 7.11 Å². The first-order chi connectivity index (χ1) is 8.02. The molecule has 0 amide bonds. The molecule has 0 spiro atoms. The Kier molecular flexibility index (Phi) is 3.11. The van der Waals surface area contributed by atoms with Crippen LogP contribution in [0.3, 0.4) is 0 Å². The summed E-state index contributed by atoms with van der Waals surface area (Å²) in [4.78, 5) is 0. The summed E-state index contributed by atoms with van der Waals surface area (Å²) in [5.41, 5.74) is 3.97. The van der Waals surface area contributed by atoms with E-state index in [-0.39, 0.29) is 0 Å². The van der Waals surface area contributed by atoms with Gasteiger partial charge in [-0.1, -0.05) is 11.6 Å². The normalized spacial score (nSPS) is 10.6. The van der Waals surface area contributed by atoms with Gasteiger partial charge in [-0.15, -0.1) is 0 Å². The molecule has 1 aromatic carbocycles. The Morgan fingerprint density at radius 2 is 1.94 bits per heavy atom. The number of methoxy groups -OCH3 is 1. The number of aromatic nitrogens is 2. The van der Waals surface area contributed by atoms with Crippen molar-refractivity contribution in [3.05, 3.63) is 34.5 Å². The molecule has 0 aliphatic heterocycles. The summed E-state index contributed by atoms with van der Waals surface area (Å²) < 4.78 is 7.29. The maximum absolute atomic E-state index is 6.10. The fraction of sp³-hybridized carbons (Fsp3) is 0.308. The van der Waals surface area contributed by atoms with E-state index in [0.717, 1.165) is 28.3 Å². The van der Waals surface area contributed by atoms with Crippen molar-refractivity contribution in [3.8, 4) is 17.0 Å². The quantitative estimate of drug-likeness (QED) is 0.817. The summed E-state index contributed by atoms with van der Waals surface area (Å²) in [6, 6.07) is 5.82. The molecule has 17 heavy (non-hydrogen) atoms. The minimum absolute atomic E-state index is 0.706. The molecule has 2 rings (SSSR count). The van der Waals surface area contributed by atoms with Gasteiger partial charge in [0.1, 0.15) is 5.75 Å². The van der Waals surface area contributed by atoms with E-state index in [1.165, 1.54) is 0 Å². The van der Waals surface area contributed by atoms with Gasteiger partial charge in [-0.3, -0.25) is 4.68 Å². The van der Waals surface area contributed by atoms with Crippen LogP contribution in [0, 0.1) is 13.8 Å². The first-order valence-electron chi connectivity index (χ1n) is 5.38. The molecule has 0 atom stereocenters. The first-order valence-corrected chi connectivity index (χ1v) is 5.76. The van der Waals surface area contributed by atoms with Gasteiger partial charge >= 0.3 is 0 Å². The van der Waals surface area contributed by atoms with Crippen LogP contribution in [-0.4, -0.2) is 16.9 Å². The summed E-state index contributed by atoms with van der Waals surface area (Å²) in [6.45, 7) is 3.95. The zero-order valence-corrected chi connectivity index (χ0v) is 11.2. The average Bonchev–Trinajstić information content (AvgIpc) is 2.56. The van der Waals surface area contributed by atoms with Crippen molar-refractivity contribution in [3.63, 3.8) is 0 Å². The highest BCUT2D eigenvalue weighted by Gasteiger charge is 2.14. The van der Waals surface area contributed by atoms with E-state index in [9.17, 15) is 0 Å². The van der Waals surface area contributed by atoms with Gasteiger partial charge < -0.3 is 4.74 Å². The summed E-state index contributed by atoms with van der Waals surface area (Å²) in [7, 11) is 3.58. The van der Waals surface area contributed by atoms with Crippen LogP contribution in [-0.2, 0) is 7.05 Å². The van der Waals surface area contributed by atoms with Gasteiger partial charge in [0.15, 0.2) is 0 Å². The second kappa shape index (κ2) is 4.41.